The molecule has 1 aromatic rings. The summed E-state index contributed by atoms with van der Waals surface area (Å²) in [5.74, 6) is -13.3. The first-order valence-electron chi connectivity index (χ1n) is 12.7. The van der Waals surface area contributed by atoms with Crippen LogP contribution in [0.1, 0.15) is 12.0 Å². The lowest BCUT2D eigenvalue weighted by Gasteiger charge is -2.52. The number of methoxy groups -OCH3 is 6. The lowest BCUT2D eigenvalue weighted by molar-refractivity contribution is -0.180. The number of para-hydroxylation sites is 1. The quantitative estimate of drug-likeness (QED) is 0.344. The molecule has 1 aliphatic carbocycles. The van der Waals surface area contributed by atoms with E-state index in [1.165, 1.54) is 4.90 Å². The third-order valence-corrected chi connectivity index (χ3v) is 8.34. The van der Waals surface area contributed by atoms with Crippen molar-refractivity contribution in [1.29, 1.82) is 0 Å². The van der Waals surface area contributed by atoms with Crippen LogP contribution in [0.5, 0.6) is 0 Å². The standard InChI is InChI=1S/C28H31NO12/c1-36-22(30)16-17(23(31)37-2)19(24(32)38-3)28(27(35)41-6)18(16)15-12-11-13-9-7-8-10-14(13)29(15)21(26(34)40-5)20(28)25(33)39-4/h7-10,16-17,19-21H,11-12H2,1-6H3. The second kappa shape index (κ2) is 11.2. The Kier molecular flexibility index (Phi) is 8.09. The van der Waals surface area contributed by atoms with Crippen molar-refractivity contribution < 1.29 is 57.2 Å². The Labute approximate surface area is 235 Å². The number of anilines is 1. The molecule has 1 saturated carbocycles. The molecule has 0 radical (unpaired) electrons. The normalized spacial score (nSPS) is 27.9. The molecular formula is C28H31NO12. The van der Waals surface area contributed by atoms with Gasteiger partial charge in [-0.25, -0.2) is 4.79 Å². The number of allylic oxidation sites excluding steroid dienone is 1. The van der Waals surface area contributed by atoms with Crippen LogP contribution in [-0.2, 0) is 63.6 Å². The number of hydrogen-bond donors (Lipinski definition) is 0. The van der Waals surface area contributed by atoms with Gasteiger partial charge in [-0.1, -0.05) is 18.2 Å². The Bertz CT molecular complexity index is 1330. The minimum absolute atomic E-state index is 0.0768. The van der Waals surface area contributed by atoms with Crippen molar-refractivity contribution in [1.82, 2.24) is 0 Å². The summed E-state index contributed by atoms with van der Waals surface area (Å²) in [6.07, 6.45) is 0.557. The molecule has 3 aliphatic rings. The highest BCUT2D eigenvalue weighted by Gasteiger charge is 2.78. The van der Waals surface area contributed by atoms with Crippen molar-refractivity contribution in [2.45, 2.75) is 18.9 Å². The monoisotopic (exact) mass is 573 g/mol. The topological polar surface area (TPSA) is 161 Å². The maximum Gasteiger partial charge on any atom is 0.329 e. The van der Waals surface area contributed by atoms with Gasteiger partial charge in [0.2, 0.25) is 0 Å². The number of ether oxygens (including phenoxy) is 6. The van der Waals surface area contributed by atoms with E-state index in [1.54, 1.807) is 18.2 Å². The molecule has 1 aromatic carbocycles. The number of aryl methyl sites for hydroxylation is 1. The van der Waals surface area contributed by atoms with Crippen molar-refractivity contribution in [3.8, 4) is 0 Å². The first-order chi connectivity index (χ1) is 19.6. The van der Waals surface area contributed by atoms with Crippen molar-refractivity contribution >= 4 is 41.5 Å². The molecule has 0 spiro atoms. The zero-order valence-corrected chi connectivity index (χ0v) is 23.5. The van der Waals surface area contributed by atoms with Crippen LogP contribution in [0.25, 0.3) is 0 Å². The second-order valence-electron chi connectivity index (χ2n) is 9.74. The van der Waals surface area contributed by atoms with E-state index in [1.807, 2.05) is 6.07 Å². The maximum absolute atomic E-state index is 14.2. The average molecular weight is 574 g/mol. The van der Waals surface area contributed by atoms with Gasteiger partial charge in [-0.2, -0.15) is 0 Å². The Balaban J connectivity index is 2.29. The van der Waals surface area contributed by atoms with E-state index < -0.39 is 70.9 Å². The lowest BCUT2D eigenvalue weighted by atomic mass is 9.58. The van der Waals surface area contributed by atoms with Gasteiger partial charge in [0.05, 0.1) is 60.4 Å². The molecule has 0 aromatic heterocycles. The largest absolute Gasteiger partial charge is 0.469 e. The van der Waals surface area contributed by atoms with E-state index >= 15 is 0 Å². The number of rotatable bonds is 6. The third-order valence-electron chi connectivity index (χ3n) is 8.34. The minimum Gasteiger partial charge on any atom is -0.469 e. The Morgan fingerprint density at radius 2 is 1.24 bits per heavy atom. The van der Waals surface area contributed by atoms with E-state index in [9.17, 15) is 28.8 Å². The summed E-state index contributed by atoms with van der Waals surface area (Å²) in [4.78, 5) is 83.8. The number of fused-ring (bicyclic) bond motifs is 4. The van der Waals surface area contributed by atoms with Gasteiger partial charge < -0.3 is 33.3 Å². The molecule has 0 bridgehead atoms. The van der Waals surface area contributed by atoms with Crippen LogP contribution in [0.3, 0.4) is 0 Å². The SMILES string of the molecule is COC(=O)C1C2=C3CCc4ccccc4N3C(C(=O)OC)C(C(=O)OC)C2(C(=O)OC)C(C(=O)OC)C1C(=O)OC. The maximum atomic E-state index is 14.2. The number of nitrogens with zero attached hydrogens (tertiary/aromatic N) is 1. The van der Waals surface area contributed by atoms with Crippen LogP contribution >= 0.6 is 0 Å². The predicted octanol–water partition coefficient (Wildman–Crippen LogP) is 0.578. The highest BCUT2D eigenvalue weighted by atomic mass is 16.6. The number of esters is 6. The highest BCUT2D eigenvalue weighted by molar-refractivity contribution is 6.05. The van der Waals surface area contributed by atoms with Crippen LogP contribution in [-0.4, -0.2) is 84.5 Å². The van der Waals surface area contributed by atoms with Gasteiger partial charge in [0.15, 0.2) is 0 Å². The minimum atomic E-state index is -2.43. The summed E-state index contributed by atoms with van der Waals surface area (Å²) >= 11 is 0. The van der Waals surface area contributed by atoms with E-state index in [0.29, 0.717) is 12.1 Å². The summed E-state index contributed by atoms with van der Waals surface area (Å²) in [6, 6.07) is 5.49. The number of carbonyl (C=O) groups excluding carboxylic acids is 6. The summed E-state index contributed by atoms with van der Waals surface area (Å²) in [5.41, 5.74) is -0.929. The molecule has 6 atom stereocenters. The average Bonchev–Trinajstić information content (AvgIpc) is 3.34. The van der Waals surface area contributed by atoms with E-state index in [4.69, 9.17) is 28.4 Å². The van der Waals surface area contributed by atoms with E-state index in [0.717, 1.165) is 48.2 Å². The van der Waals surface area contributed by atoms with E-state index in [2.05, 4.69) is 0 Å². The lowest BCUT2D eigenvalue weighted by Crippen LogP contribution is -2.65. The van der Waals surface area contributed by atoms with Crippen LogP contribution in [0, 0.1) is 29.1 Å². The van der Waals surface area contributed by atoms with Gasteiger partial charge in [-0.15, -0.1) is 0 Å². The van der Waals surface area contributed by atoms with Gasteiger partial charge in [-0.05, 0) is 30.0 Å². The molecule has 4 rings (SSSR count). The van der Waals surface area contributed by atoms with Crippen LogP contribution < -0.4 is 4.90 Å². The Hall–Kier alpha value is -4.42. The molecule has 0 saturated heterocycles. The molecule has 220 valence electrons. The molecule has 1 fully saturated rings. The fraction of sp³-hybridized carbons (Fsp3) is 0.500. The highest BCUT2D eigenvalue weighted by Crippen LogP contribution is 2.65. The van der Waals surface area contributed by atoms with Crippen molar-refractivity contribution in [2.24, 2.45) is 29.1 Å². The molecule has 0 N–H and O–H groups in total. The number of hydrogen-bond acceptors (Lipinski definition) is 13. The second-order valence-corrected chi connectivity index (χ2v) is 9.74. The summed E-state index contributed by atoms with van der Waals surface area (Å²) in [5, 5.41) is 0. The van der Waals surface area contributed by atoms with Crippen LogP contribution in [0.15, 0.2) is 35.5 Å². The van der Waals surface area contributed by atoms with Crippen molar-refractivity contribution in [3.05, 3.63) is 41.1 Å². The molecule has 13 heteroatoms. The van der Waals surface area contributed by atoms with Gasteiger partial charge >= 0.3 is 35.8 Å². The smallest absolute Gasteiger partial charge is 0.329 e. The van der Waals surface area contributed by atoms with Gasteiger partial charge in [0, 0.05) is 11.4 Å². The van der Waals surface area contributed by atoms with E-state index in [-0.39, 0.29) is 17.7 Å². The number of benzene rings is 1. The van der Waals surface area contributed by atoms with Crippen LogP contribution in [0.4, 0.5) is 5.69 Å². The summed E-state index contributed by atoms with van der Waals surface area (Å²) in [6.45, 7) is 0. The summed E-state index contributed by atoms with van der Waals surface area (Å²) < 4.78 is 30.6. The molecule has 2 heterocycles. The zero-order chi connectivity index (χ0) is 30.2. The summed E-state index contributed by atoms with van der Waals surface area (Å²) in [7, 11) is 6.33. The Morgan fingerprint density at radius 3 is 1.80 bits per heavy atom. The Morgan fingerprint density at radius 1 is 0.683 bits per heavy atom. The fourth-order valence-electron chi connectivity index (χ4n) is 6.91. The number of carbonyl (C=O) groups is 6. The molecular weight excluding hydrogens is 542 g/mol. The molecule has 41 heavy (non-hydrogen) atoms. The zero-order valence-electron chi connectivity index (χ0n) is 23.5. The van der Waals surface area contributed by atoms with Gasteiger partial charge in [0.25, 0.3) is 0 Å². The molecule has 13 nitrogen and oxygen atoms in total. The predicted molar refractivity (Wildman–Crippen MR) is 137 cm³/mol. The van der Waals surface area contributed by atoms with Gasteiger partial charge in [-0.3, -0.25) is 24.0 Å². The molecule has 0 amide bonds. The first kappa shape index (κ1) is 29.6. The molecule has 2 aliphatic heterocycles. The van der Waals surface area contributed by atoms with Crippen molar-refractivity contribution in [3.63, 3.8) is 0 Å². The van der Waals surface area contributed by atoms with Crippen molar-refractivity contribution in [2.75, 3.05) is 47.6 Å². The third kappa shape index (κ3) is 4.05. The van der Waals surface area contributed by atoms with Gasteiger partial charge in [0.1, 0.15) is 17.4 Å². The molecule has 6 unspecified atom stereocenters. The van der Waals surface area contributed by atoms with Crippen LogP contribution in [0.2, 0.25) is 0 Å². The first-order valence-corrected chi connectivity index (χ1v) is 12.7. The fourth-order valence-corrected chi connectivity index (χ4v) is 6.91.